The lowest BCUT2D eigenvalue weighted by atomic mass is 10.00. The van der Waals surface area contributed by atoms with Crippen LogP contribution in [0.4, 0.5) is 0 Å². The van der Waals surface area contributed by atoms with Gasteiger partial charge in [-0.2, -0.15) is 0 Å². The van der Waals surface area contributed by atoms with E-state index in [1.54, 1.807) is 12.8 Å². The van der Waals surface area contributed by atoms with Gasteiger partial charge in [-0.1, -0.05) is 39.5 Å². The highest BCUT2D eigenvalue weighted by atomic mass is 14.8. The SMILES string of the molecule is CCCCCCC12CC1C2C. The van der Waals surface area contributed by atoms with Crippen molar-refractivity contribution in [3.05, 3.63) is 0 Å². The molecule has 0 aliphatic heterocycles. The summed E-state index contributed by atoms with van der Waals surface area (Å²) in [5.74, 6) is 2.30. The molecule has 0 aromatic heterocycles. The van der Waals surface area contributed by atoms with Crippen molar-refractivity contribution in [2.24, 2.45) is 17.3 Å². The van der Waals surface area contributed by atoms with Gasteiger partial charge in [0.05, 0.1) is 0 Å². The molecule has 0 aromatic rings. The molecular weight excluding hydrogens is 132 g/mol. The predicted molar refractivity (Wildman–Crippen MR) is 48.5 cm³/mol. The first-order valence-corrected chi connectivity index (χ1v) is 5.31. The summed E-state index contributed by atoms with van der Waals surface area (Å²) in [4.78, 5) is 0. The highest BCUT2D eigenvalue weighted by Crippen LogP contribution is 2.81. The molecular formula is C11H20. The van der Waals surface area contributed by atoms with Crippen molar-refractivity contribution in [2.45, 2.75) is 52.4 Å². The molecule has 2 aliphatic rings. The summed E-state index contributed by atoms with van der Waals surface area (Å²) in [5.41, 5.74) is 0.924. The minimum absolute atomic E-state index is 0.924. The van der Waals surface area contributed by atoms with Gasteiger partial charge in [0.1, 0.15) is 0 Å². The molecule has 2 rings (SSSR count). The van der Waals surface area contributed by atoms with Crippen molar-refractivity contribution in [3.63, 3.8) is 0 Å². The maximum Gasteiger partial charge on any atom is -0.0235 e. The molecule has 0 N–H and O–H groups in total. The Morgan fingerprint density at radius 3 is 2.45 bits per heavy atom. The molecule has 0 heterocycles. The highest BCUT2D eigenvalue weighted by molar-refractivity contribution is 5.23. The van der Waals surface area contributed by atoms with Gasteiger partial charge in [0.2, 0.25) is 0 Å². The minimum atomic E-state index is 0.924. The van der Waals surface area contributed by atoms with Crippen LogP contribution in [0.15, 0.2) is 0 Å². The molecule has 11 heavy (non-hydrogen) atoms. The lowest BCUT2D eigenvalue weighted by molar-refractivity contribution is 0.458. The fourth-order valence-electron chi connectivity index (χ4n) is 2.75. The highest BCUT2D eigenvalue weighted by Gasteiger charge is 2.74. The molecule has 0 saturated heterocycles. The second-order valence-electron chi connectivity index (χ2n) is 4.64. The van der Waals surface area contributed by atoms with E-state index in [4.69, 9.17) is 0 Å². The zero-order valence-corrected chi connectivity index (χ0v) is 7.90. The first kappa shape index (κ1) is 7.64. The van der Waals surface area contributed by atoms with Crippen molar-refractivity contribution in [2.75, 3.05) is 0 Å². The third-order valence-electron chi connectivity index (χ3n) is 4.08. The van der Waals surface area contributed by atoms with Crippen LogP contribution in [-0.4, -0.2) is 0 Å². The van der Waals surface area contributed by atoms with Gasteiger partial charge < -0.3 is 0 Å². The number of unbranched alkanes of at least 4 members (excludes halogenated alkanes) is 3. The zero-order valence-electron chi connectivity index (χ0n) is 7.90. The average Bonchev–Trinajstić information content (AvgIpc) is 2.86. The van der Waals surface area contributed by atoms with Gasteiger partial charge >= 0.3 is 0 Å². The summed E-state index contributed by atoms with van der Waals surface area (Å²) in [6, 6.07) is 0. The van der Waals surface area contributed by atoms with E-state index in [0.29, 0.717) is 0 Å². The molecule has 2 fully saturated rings. The maximum atomic E-state index is 2.44. The Bertz CT molecular complexity index is 144. The summed E-state index contributed by atoms with van der Waals surface area (Å²) in [6.07, 6.45) is 8.96. The topological polar surface area (TPSA) is 0 Å². The third kappa shape index (κ3) is 1.11. The van der Waals surface area contributed by atoms with Crippen molar-refractivity contribution in [3.8, 4) is 0 Å². The molecule has 2 saturated carbocycles. The van der Waals surface area contributed by atoms with Crippen LogP contribution >= 0.6 is 0 Å². The number of hydrogen-bond acceptors (Lipinski definition) is 0. The molecule has 2 aliphatic carbocycles. The summed E-state index contributed by atoms with van der Waals surface area (Å²) in [5, 5.41) is 0. The van der Waals surface area contributed by atoms with Crippen LogP contribution in [0.25, 0.3) is 0 Å². The lowest BCUT2D eigenvalue weighted by Gasteiger charge is -2.05. The van der Waals surface area contributed by atoms with E-state index in [9.17, 15) is 0 Å². The summed E-state index contributed by atoms with van der Waals surface area (Å²) < 4.78 is 0. The maximum absolute atomic E-state index is 2.44. The second-order valence-corrected chi connectivity index (χ2v) is 4.64. The molecule has 0 heteroatoms. The number of fused-ring (bicyclic) bond motifs is 1. The van der Waals surface area contributed by atoms with Gasteiger partial charge in [0.25, 0.3) is 0 Å². The Balaban J connectivity index is 1.55. The van der Waals surface area contributed by atoms with Crippen molar-refractivity contribution >= 4 is 0 Å². The van der Waals surface area contributed by atoms with E-state index in [0.717, 1.165) is 11.3 Å². The van der Waals surface area contributed by atoms with Gasteiger partial charge in [-0.25, -0.2) is 0 Å². The molecule has 0 aromatic carbocycles. The second kappa shape index (κ2) is 2.50. The van der Waals surface area contributed by atoms with Gasteiger partial charge in [0, 0.05) is 0 Å². The Kier molecular flexibility index (Phi) is 1.74. The number of hydrogen-bond donors (Lipinski definition) is 0. The van der Waals surface area contributed by atoms with E-state index in [-0.39, 0.29) is 0 Å². The quantitative estimate of drug-likeness (QED) is 0.528. The largest absolute Gasteiger partial charge is 0.0654 e. The van der Waals surface area contributed by atoms with Gasteiger partial charge in [-0.05, 0) is 30.1 Å². The van der Waals surface area contributed by atoms with Crippen LogP contribution in [0, 0.1) is 17.3 Å². The van der Waals surface area contributed by atoms with Gasteiger partial charge in [-0.3, -0.25) is 0 Å². The molecule has 0 bridgehead atoms. The summed E-state index contributed by atoms with van der Waals surface area (Å²) in [7, 11) is 0. The monoisotopic (exact) mass is 152 g/mol. The summed E-state index contributed by atoms with van der Waals surface area (Å²) in [6.45, 7) is 4.73. The smallest absolute Gasteiger partial charge is 0.0235 e. The Morgan fingerprint density at radius 2 is 2.00 bits per heavy atom. The third-order valence-corrected chi connectivity index (χ3v) is 4.08. The molecule has 3 unspecified atom stereocenters. The van der Waals surface area contributed by atoms with Crippen LogP contribution in [0.3, 0.4) is 0 Å². The fraction of sp³-hybridized carbons (Fsp3) is 1.00. The fourth-order valence-corrected chi connectivity index (χ4v) is 2.75. The minimum Gasteiger partial charge on any atom is -0.0654 e. The van der Waals surface area contributed by atoms with Crippen LogP contribution in [0.2, 0.25) is 0 Å². The standard InChI is InChI=1S/C11H20/c1-3-4-5-6-7-11-8-10(11)9(11)2/h9-10H,3-8H2,1-2H3. The Morgan fingerprint density at radius 1 is 1.27 bits per heavy atom. The van der Waals surface area contributed by atoms with E-state index < -0.39 is 0 Å². The van der Waals surface area contributed by atoms with Gasteiger partial charge in [0.15, 0.2) is 0 Å². The van der Waals surface area contributed by atoms with Crippen molar-refractivity contribution in [1.29, 1.82) is 0 Å². The van der Waals surface area contributed by atoms with Crippen LogP contribution < -0.4 is 0 Å². The Hall–Kier alpha value is 0. The average molecular weight is 152 g/mol. The molecule has 3 atom stereocenters. The van der Waals surface area contributed by atoms with Crippen LogP contribution in [0.5, 0.6) is 0 Å². The first-order chi connectivity index (χ1) is 5.31. The normalized spacial score (nSPS) is 45.3. The van der Waals surface area contributed by atoms with Crippen LogP contribution in [-0.2, 0) is 0 Å². The van der Waals surface area contributed by atoms with E-state index >= 15 is 0 Å². The molecule has 0 radical (unpaired) electrons. The molecule has 0 nitrogen and oxygen atoms in total. The molecule has 0 spiro atoms. The molecule has 64 valence electrons. The molecule has 0 amide bonds. The Labute approximate surface area is 70.4 Å². The first-order valence-electron chi connectivity index (χ1n) is 5.31. The van der Waals surface area contributed by atoms with E-state index in [1.165, 1.54) is 31.6 Å². The number of rotatable bonds is 5. The van der Waals surface area contributed by atoms with Crippen molar-refractivity contribution in [1.82, 2.24) is 0 Å². The van der Waals surface area contributed by atoms with E-state index in [2.05, 4.69) is 13.8 Å². The van der Waals surface area contributed by atoms with Gasteiger partial charge in [-0.15, -0.1) is 0 Å². The van der Waals surface area contributed by atoms with Crippen LogP contribution in [0.1, 0.15) is 52.4 Å². The zero-order chi connectivity index (χ0) is 7.90. The lowest BCUT2D eigenvalue weighted by Crippen LogP contribution is -1.94. The van der Waals surface area contributed by atoms with Crippen molar-refractivity contribution < 1.29 is 0 Å². The van der Waals surface area contributed by atoms with E-state index in [1.807, 2.05) is 0 Å². The predicted octanol–water partition coefficient (Wildman–Crippen LogP) is 3.61. The summed E-state index contributed by atoms with van der Waals surface area (Å²) >= 11 is 0.